The van der Waals surface area contributed by atoms with Crippen molar-refractivity contribution in [3.8, 4) is 11.5 Å². The summed E-state index contributed by atoms with van der Waals surface area (Å²) in [6.07, 6.45) is -1.15. The van der Waals surface area contributed by atoms with Crippen LogP contribution in [0.2, 0.25) is 5.28 Å². The summed E-state index contributed by atoms with van der Waals surface area (Å²) in [4.78, 5) is 79.6. The Labute approximate surface area is 494 Å². The van der Waals surface area contributed by atoms with Crippen molar-refractivity contribution in [2.75, 3.05) is 149 Å². The van der Waals surface area contributed by atoms with Crippen molar-refractivity contribution in [3.63, 3.8) is 0 Å². The van der Waals surface area contributed by atoms with Gasteiger partial charge in [0, 0.05) is 37.0 Å². The van der Waals surface area contributed by atoms with Crippen LogP contribution in [0.3, 0.4) is 0 Å². The number of fused-ring (bicyclic) bond motifs is 1. The number of halogens is 4. The molecule has 0 aliphatic carbocycles. The summed E-state index contributed by atoms with van der Waals surface area (Å²) in [5.74, 6) is -2.35. The van der Waals surface area contributed by atoms with E-state index in [0.717, 1.165) is 0 Å². The smallest absolute Gasteiger partial charge is 0.340 e. The van der Waals surface area contributed by atoms with Crippen LogP contribution in [-0.4, -0.2) is 232 Å². The van der Waals surface area contributed by atoms with E-state index < -0.39 is 81.2 Å². The number of benzene rings is 2. The van der Waals surface area contributed by atoms with Gasteiger partial charge >= 0.3 is 21.2 Å². The first kappa shape index (κ1) is 69.4. The number of anilines is 1. The number of ether oxygens (including phenoxy) is 11. The molecule has 4 aromatic rings. The van der Waals surface area contributed by atoms with Crippen LogP contribution in [0.15, 0.2) is 52.7 Å². The van der Waals surface area contributed by atoms with Gasteiger partial charge in [-0.25, -0.2) is 17.9 Å². The number of aliphatic hydroxyl groups excluding tert-OH is 1. The van der Waals surface area contributed by atoms with Crippen LogP contribution in [0.25, 0.3) is 11.0 Å². The Morgan fingerprint density at radius 3 is 1.97 bits per heavy atom. The number of hydrogen-bond acceptors (Lipinski definition) is 25. The maximum absolute atomic E-state index is 13.6. The summed E-state index contributed by atoms with van der Waals surface area (Å²) in [7, 11) is -9.71. The third-order valence-electron chi connectivity index (χ3n) is 12.0. The molecule has 2 aliphatic heterocycles. The van der Waals surface area contributed by atoms with Crippen molar-refractivity contribution < 1.29 is 113 Å². The summed E-state index contributed by atoms with van der Waals surface area (Å²) in [5.41, 5.74) is 0.971. The Morgan fingerprint density at radius 1 is 0.814 bits per heavy atom. The Kier molecular flexibility index (Phi) is 29.0. The molecule has 2 aromatic heterocycles. The molecule has 2 unspecified atom stereocenters. The monoisotopic (exact) mass is 1280 g/mol. The van der Waals surface area contributed by atoms with Crippen LogP contribution in [0, 0.1) is 23.4 Å². The van der Waals surface area contributed by atoms with E-state index in [1.807, 2.05) is 4.90 Å². The maximum atomic E-state index is 13.6. The van der Waals surface area contributed by atoms with E-state index in [0.29, 0.717) is 146 Å². The molecule has 7 N–H and O–H groups in total. The van der Waals surface area contributed by atoms with Gasteiger partial charge < -0.3 is 97.3 Å². The maximum Gasteiger partial charge on any atom is 0.340 e. The number of nitrogens with two attached hydrogens (primary N) is 1. The van der Waals surface area contributed by atoms with E-state index in [1.165, 1.54) is 17.1 Å². The molecule has 0 bridgehead atoms. The lowest BCUT2D eigenvalue weighted by molar-refractivity contribution is -0.136. The van der Waals surface area contributed by atoms with Gasteiger partial charge in [0.25, 0.3) is 5.91 Å². The fraction of sp³-hybridized carbons (Fsp3) is 0.560. The number of aliphatic imine (C=N–C) groups is 1. The Balaban J connectivity index is 0.713. The number of amides is 1. The number of aromatic nitrogens is 4. The summed E-state index contributed by atoms with van der Waals surface area (Å²) in [5, 5.41) is 22.0. The number of nitrogens with one attached hydrogen (secondary N) is 1. The molecule has 2 fully saturated rings. The summed E-state index contributed by atoms with van der Waals surface area (Å²) in [6, 6.07) is 7.15. The quantitative estimate of drug-likeness (QED) is 0.00424. The molecule has 30 nitrogen and oxygen atoms in total. The van der Waals surface area contributed by atoms with Crippen LogP contribution in [0.5, 0.6) is 11.5 Å². The topological polar surface area (TPSA) is 387 Å². The van der Waals surface area contributed by atoms with E-state index in [4.69, 9.17) is 79.1 Å². The highest BCUT2D eigenvalue weighted by Crippen LogP contribution is 2.55. The van der Waals surface area contributed by atoms with E-state index in [2.05, 4.69) is 35.2 Å². The molecule has 36 heteroatoms. The van der Waals surface area contributed by atoms with Gasteiger partial charge in [0.15, 0.2) is 29.4 Å². The van der Waals surface area contributed by atoms with Gasteiger partial charge in [-0.15, -0.1) is 0 Å². The number of carbonyl (C=O) groups is 3. The molecule has 0 saturated carbocycles. The van der Waals surface area contributed by atoms with Crippen molar-refractivity contribution in [2.24, 2.45) is 21.9 Å². The number of aliphatic hydroxyl groups is 1. The second-order valence-corrected chi connectivity index (χ2v) is 22.8. The SMILES string of the molecule is N/N=C(\C=NCCOCCOCCOCCOCCC(=O)Oc1c(F)cc(F)cc1F)COCCOCCOCCOCCOc1ccc(C(=O)NC2CN(c3nc(Cl)nc4c3cnn4[C@@H]3O[C@H](COP(=O)(O)CP(=O)(O)O)[C@@H](O)C3C=O)C2)cc1. The highest BCUT2D eigenvalue weighted by molar-refractivity contribution is 7.70. The average Bonchev–Trinajstić information content (AvgIpc) is 1.68. The van der Waals surface area contributed by atoms with E-state index in [-0.39, 0.29) is 62.3 Å². The highest BCUT2D eigenvalue weighted by atomic mass is 35.5. The zero-order valence-electron chi connectivity index (χ0n) is 46.2. The van der Waals surface area contributed by atoms with Gasteiger partial charge in [0.1, 0.15) is 42.1 Å². The van der Waals surface area contributed by atoms with Gasteiger partial charge in [-0.05, 0) is 35.9 Å². The fourth-order valence-electron chi connectivity index (χ4n) is 7.92. The third kappa shape index (κ3) is 23.4. The molecule has 1 amide bonds. The minimum Gasteiger partial charge on any atom is -0.491 e. The molecular formula is C50H67ClF3N9O21P2. The standard InChI is InChI=1S/C50H67ClF3N9O21P2/c51-50-59-46(38-26-57-63(47(38)60-50)49-39(29-64)44(66)42(83-49)31-82-86(71,72)32-85(68,69)70)62-27-36(28-62)58-48(67)33-1-3-37(4-2-33)81-22-21-79-18-17-77-15-16-78-19-20-80-30-35(61-55)25-56-6-8-74-10-12-76-14-13-75-11-9-73-7-5-43(65)84-45-40(53)23-34(52)24-41(45)54/h1-4,23-26,29,36,39,42,44,49,66H,5-22,27-28,30-32,55H2,(H,58,67)(H,71,72)(H2,68,69,70)/b56-25?,61-35+/t39?,42-,44+,49-/m1/s1. The predicted octanol–water partition coefficient (Wildman–Crippen LogP) is 1.82. The van der Waals surface area contributed by atoms with Crippen molar-refractivity contribution in [1.29, 1.82) is 0 Å². The average molecular weight is 1280 g/mol. The van der Waals surface area contributed by atoms with Crippen LogP contribution in [0.4, 0.5) is 19.0 Å². The molecule has 2 saturated heterocycles. The zero-order chi connectivity index (χ0) is 61.9. The van der Waals surface area contributed by atoms with Crippen molar-refractivity contribution >= 4 is 73.7 Å². The zero-order valence-corrected chi connectivity index (χ0v) is 48.7. The van der Waals surface area contributed by atoms with Crippen molar-refractivity contribution in [1.82, 2.24) is 25.1 Å². The molecule has 5 atom stereocenters. The Morgan fingerprint density at radius 2 is 1.38 bits per heavy atom. The molecule has 86 heavy (non-hydrogen) atoms. The van der Waals surface area contributed by atoms with Crippen LogP contribution in [0.1, 0.15) is 23.0 Å². The van der Waals surface area contributed by atoms with E-state index in [1.54, 1.807) is 24.3 Å². The lowest BCUT2D eigenvalue weighted by Crippen LogP contribution is -2.59. The molecule has 476 valence electrons. The van der Waals surface area contributed by atoms with E-state index >= 15 is 0 Å². The van der Waals surface area contributed by atoms with Crippen LogP contribution in [-0.2, 0) is 65.9 Å². The van der Waals surface area contributed by atoms with Crippen LogP contribution >= 0.6 is 26.8 Å². The number of carbonyl (C=O) groups excluding carboxylic acids is 3. The number of esters is 1. The lowest BCUT2D eigenvalue weighted by atomic mass is 10.0. The van der Waals surface area contributed by atoms with Gasteiger partial charge in [-0.3, -0.25) is 23.7 Å². The number of aldehydes is 1. The van der Waals surface area contributed by atoms with Gasteiger partial charge in [-0.2, -0.15) is 20.2 Å². The van der Waals surface area contributed by atoms with Gasteiger partial charge in [0.05, 0.1) is 155 Å². The molecule has 2 aromatic carbocycles. The molecule has 4 heterocycles. The third-order valence-corrected chi connectivity index (χ3v) is 15.7. The second-order valence-electron chi connectivity index (χ2n) is 18.5. The lowest BCUT2D eigenvalue weighted by Gasteiger charge is -2.40. The molecule has 6 rings (SSSR count). The summed E-state index contributed by atoms with van der Waals surface area (Å²) in [6.45, 7) is 4.92. The summed E-state index contributed by atoms with van der Waals surface area (Å²) < 4.78 is 129. The number of nitrogens with zero attached hydrogens (tertiary/aromatic N) is 7. The fourth-order valence-corrected chi connectivity index (χ4v) is 10.7. The van der Waals surface area contributed by atoms with E-state index in [9.17, 15) is 46.7 Å². The number of rotatable bonds is 42. The first-order chi connectivity index (χ1) is 41.3. The van der Waals surface area contributed by atoms with Crippen LogP contribution < -0.4 is 25.5 Å². The Hall–Kier alpha value is -5.68. The second kappa shape index (κ2) is 36.0. The van der Waals surface area contributed by atoms with Gasteiger partial charge in [-0.1, -0.05) is 0 Å². The minimum absolute atomic E-state index is 0.0697. The minimum atomic E-state index is -4.92. The molecule has 2 aliphatic rings. The van der Waals surface area contributed by atoms with Crippen molar-refractivity contribution in [2.45, 2.75) is 30.9 Å². The molecule has 0 radical (unpaired) electrons. The molecule has 0 spiro atoms. The number of hydrazone groups is 1. The largest absolute Gasteiger partial charge is 0.491 e. The Bertz CT molecular complexity index is 2930. The van der Waals surface area contributed by atoms with Gasteiger partial charge in [0.2, 0.25) is 11.0 Å². The van der Waals surface area contributed by atoms with Crippen molar-refractivity contribution in [3.05, 3.63) is 70.9 Å². The summed E-state index contributed by atoms with van der Waals surface area (Å²) >= 11 is 6.31. The predicted molar refractivity (Wildman–Crippen MR) is 296 cm³/mol. The first-order valence-electron chi connectivity index (χ1n) is 26.6. The molecular weight excluding hydrogens is 1220 g/mol. The highest BCUT2D eigenvalue weighted by Gasteiger charge is 2.47. The number of hydrogen-bond donors (Lipinski definition) is 6. The normalized spacial score (nSPS) is 18.2. The first-order valence-corrected chi connectivity index (χ1v) is 30.5.